The summed E-state index contributed by atoms with van der Waals surface area (Å²) in [4.78, 5) is 27.4. The highest BCUT2D eigenvalue weighted by molar-refractivity contribution is 6.31. The van der Waals surface area contributed by atoms with Crippen LogP contribution in [0.4, 0.5) is 16.2 Å². The summed E-state index contributed by atoms with van der Waals surface area (Å²) >= 11 is 6.11. The Kier molecular flexibility index (Phi) is 5.71. The summed E-state index contributed by atoms with van der Waals surface area (Å²) < 4.78 is 0. The number of hydrogen-bond acceptors (Lipinski definition) is 2. The molecule has 6 heteroatoms. The highest BCUT2D eigenvalue weighted by Gasteiger charge is 2.32. The van der Waals surface area contributed by atoms with E-state index in [1.807, 2.05) is 45.0 Å². The van der Waals surface area contributed by atoms with Gasteiger partial charge in [-0.15, -0.1) is 0 Å². The number of benzene rings is 2. The number of urea groups is 1. The molecule has 0 saturated heterocycles. The smallest absolute Gasteiger partial charge is 0.319 e. The second-order valence-corrected chi connectivity index (χ2v) is 7.51. The lowest BCUT2D eigenvalue weighted by molar-refractivity contribution is -0.121. The van der Waals surface area contributed by atoms with Gasteiger partial charge in [-0.25, -0.2) is 4.79 Å². The Morgan fingerprint density at radius 3 is 2.59 bits per heavy atom. The molecule has 27 heavy (non-hydrogen) atoms. The summed E-state index contributed by atoms with van der Waals surface area (Å²) in [6.45, 7) is 6.33. The van der Waals surface area contributed by atoms with Crippen LogP contribution in [0.1, 0.15) is 25.0 Å². The highest BCUT2D eigenvalue weighted by atomic mass is 35.5. The maximum absolute atomic E-state index is 13.1. The van der Waals surface area contributed by atoms with Crippen LogP contribution in [0.3, 0.4) is 0 Å². The van der Waals surface area contributed by atoms with E-state index < -0.39 is 12.1 Å². The van der Waals surface area contributed by atoms with Gasteiger partial charge in [-0.1, -0.05) is 49.7 Å². The minimum atomic E-state index is -0.615. The molecule has 1 unspecified atom stereocenters. The van der Waals surface area contributed by atoms with Crippen molar-refractivity contribution in [2.45, 2.75) is 33.2 Å². The van der Waals surface area contributed by atoms with Gasteiger partial charge in [-0.2, -0.15) is 0 Å². The number of rotatable bonds is 4. The van der Waals surface area contributed by atoms with Crippen LogP contribution in [0.2, 0.25) is 5.02 Å². The number of carbonyl (C=O) groups excluding carboxylic acids is 2. The van der Waals surface area contributed by atoms with Crippen molar-refractivity contribution in [1.82, 2.24) is 5.32 Å². The Bertz CT molecular complexity index is 866. The van der Waals surface area contributed by atoms with Gasteiger partial charge < -0.3 is 15.5 Å². The van der Waals surface area contributed by atoms with E-state index in [1.165, 1.54) is 0 Å². The predicted octanol–water partition coefficient (Wildman–Crippen LogP) is 4.38. The van der Waals surface area contributed by atoms with E-state index in [-0.39, 0.29) is 11.8 Å². The summed E-state index contributed by atoms with van der Waals surface area (Å²) in [5.41, 5.74) is 3.50. The first-order valence-electron chi connectivity index (χ1n) is 9.10. The molecule has 0 bridgehead atoms. The largest absolute Gasteiger partial charge is 0.326 e. The molecule has 0 fully saturated rings. The maximum Gasteiger partial charge on any atom is 0.319 e. The fraction of sp³-hybridized carbons (Fsp3) is 0.333. The van der Waals surface area contributed by atoms with E-state index in [2.05, 4.69) is 10.6 Å². The van der Waals surface area contributed by atoms with Crippen LogP contribution in [0.25, 0.3) is 0 Å². The summed E-state index contributed by atoms with van der Waals surface area (Å²) in [6.07, 6.45) is 0.834. The molecule has 1 aliphatic heterocycles. The van der Waals surface area contributed by atoms with Crippen LogP contribution >= 0.6 is 11.6 Å². The fourth-order valence-corrected chi connectivity index (χ4v) is 3.47. The van der Waals surface area contributed by atoms with Crippen LogP contribution in [0.5, 0.6) is 0 Å². The molecular weight excluding hydrogens is 362 g/mol. The van der Waals surface area contributed by atoms with E-state index in [0.717, 1.165) is 23.2 Å². The van der Waals surface area contributed by atoms with E-state index in [9.17, 15) is 9.59 Å². The van der Waals surface area contributed by atoms with Crippen molar-refractivity contribution in [2.24, 2.45) is 5.92 Å². The number of nitrogens with one attached hydrogen (secondary N) is 2. The van der Waals surface area contributed by atoms with Gasteiger partial charge in [0.1, 0.15) is 6.04 Å². The predicted molar refractivity (Wildman–Crippen MR) is 109 cm³/mol. The molecule has 0 aromatic heterocycles. The molecule has 2 aromatic rings. The normalized spacial score (nSPS) is 14.0. The number of anilines is 2. The number of para-hydroxylation sites is 1. The van der Waals surface area contributed by atoms with Crippen LogP contribution in [-0.2, 0) is 11.2 Å². The number of hydrogen-bond donors (Lipinski definition) is 2. The van der Waals surface area contributed by atoms with E-state index in [1.54, 1.807) is 23.1 Å². The SMILES string of the molecule is Cc1c(Cl)cccc1NC(=O)NC(C(=O)N1CCc2ccccc21)C(C)C. The molecule has 1 atom stereocenters. The van der Waals surface area contributed by atoms with Crippen LogP contribution in [0.15, 0.2) is 42.5 Å². The molecule has 2 aromatic carbocycles. The average molecular weight is 386 g/mol. The lowest BCUT2D eigenvalue weighted by atomic mass is 10.0. The van der Waals surface area contributed by atoms with Gasteiger partial charge in [0.25, 0.3) is 0 Å². The van der Waals surface area contributed by atoms with Crippen molar-refractivity contribution in [3.05, 3.63) is 58.6 Å². The van der Waals surface area contributed by atoms with Crippen molar-refractivity contribution < 1.29 is 9.59 Å². The molecule has 2 N–H and O–H groups in total. The first-order chi connectivity index (χ1) is 12.9. The summed E-state index contributed by atoms with van der Waals surface area (Å²) in [5.74, 6) is -0.135. The third-order valence-electron chi connectivity index (χ3n) is 4.89. The van der Waals surface area contributed by atoms with Gasteiger partial charge in [0.2, 0.25) is 5.91 Å². The summed E-state index contributed by atoms with van der Waals surface area (Å²) in [6, 6.07) is 12.2. The molecule has 3 rings (SSSR count). The molecule has 0 spiro atoms. The third kappa shape index (κ3) is 4.08. The first-order valence-corrected chi connectivity index (χ1v) is 9.48. The van der Waals surface area contributed by atoms with Crippen molar-refractivity contribution in [1.29, 1.82) is 0 Å². The monoisotopic (exact) mass is 385 g/mol. The molecular formula is C21H24ClN3O2. The number of amides is 3. The lowest BCUT2D eigenvalue weighted by Crippen LogP contribution is -2.52. The lowest BCUT2D eigenvalue weighted by Gasteiger charge is -2.27. The average Bonchev–Trinajstić information content (AvgIpc) is 3.07. The molecule has 0 radical (unpaired) electrons. The van der Waals surface area contributed by atoms with Crippen molar-refractivity contribution >= 4 is 34.9 Å². The number of nitrogens with zero attached hydrogens (tertiary/aromatic N) is 1. The Morgan fingerprint density at radius 2 is 1.85 bits per heavy atom. The van der Waals surface area contributed by atoms with Crippen LogP contribution in [-0.4, -0.2) is 24.5 Å². The van der Waals surface area contributed by atoms with E-state index in [4.69, 9.17) is 11.6 Å². The van der Waals surface area contributed by atoms with Crippen molar-refractivity contribution in [2.75, 3.05) is 16.8 Å². The topological polar surface area (TPSA) is 61.4 Å². The zero-order valence-corrected chi connectivity index (χ0v) is 16.5. The molecule has 0 saturated carbocycles. The van der Waals surface area contributed by atoms with Crippen LogP contribution in [0, 0.1) is 12.8 Å². The molecule has 142 valence electrons. The summed E-state index contributed by atoms with van der Waals surface area (Å²) in [7, 11) is 0. The zero-order valence-electron chi connectivity index (χ0n) is 15.8. The van der Waals surface area contributed by atoms with Gasteiger partial charge in [0, 0.05) is 22.9 Å². The number of fused-ring (bicyclic) bond motifs is 1. The maximum atomic E-state index is 13.1. The molecule has 5 nitrogen and oxygen atoms in total. The zero-order chi connectivity index (χ0) is 19.6. The van der Waals surface area contributed by atoms with Gasteiger partial charge in [-0.3, -0.25) is 4.79 Å². The third-order valence-corrected chi connectivity index (χ3v) is 5.30. The fourth-order valence-electron chi connectivity index (χ4n) is 3.29. The standard InChI is InChI=1S/C21H24ClN3O2/c1-13(2)19(20(26)25-12-11-15-7-4-5-10-18(15)25)24-21(27)23-17-9-6-8-16(22)14(17)3/h4-10,13,19H,11-12H2,1-3H3,(H2,23,24,27). The minimum Gasteiger partial charge on any atom is -0.326 e. The number of halogens is 1. The van der Waals surface area contributed by atoms with Gasteiger partial charge in [0.05, 0.1) is 0 Å². The van der Waals surface area contributed by atoms with Gasteiger partial charge >= 0.3 is 6.03 Å². The number of carbonyl (C=O) groups is 2. The summed E-state index contributed by atoms with van der Waals surface area (Å²) in [5, 5.41) is 6.21. The molecule has 0 aliphatic carbocycles. The molecule has 1 aliphatic rings. The molecule has 3 amide bonds. The van der Waals surface area contributed by atoms with E-state index >= 15 is 0 Å². The van der Waals surface area contributed by atoms with Crippen LogP contribution < -0.4 is 15.5 Å². The second-order valence-electron chi connectivity index (χ2n) is 7.10. The Labute approximate surface area is 164 Å². The van der Waals surface area contributed by atoms with Crippen molar-refractivity contribution in [3.8, 4) is 0 Å². The second kappa shape index (κ2) is 8.01. The Hall–Kier alpha value is -2.53. The Balaban J connectivity index is 1.73. The molecule has 1 heterocycles. The first kappa shape index (κ1) is 19.2. The van der Waals surface area contributed by atoms with Gasteiger partial charge in [-0.05, 0) is 48.6 Å². The highest BCUT2D eigenvalue weighted by Crippen LogP contribution is 2.29. The Morgan fingerprint density at radius 1 is 1.11 bits per heavy atom. The van der Waals surface area contributed by atoms with Crippen molar-refractivity contribution in [3.63, 3.8) is 0 Å². The van der Waals surface area contributed by atoms with E-state index in [0.29, 0.717) is 17.3 Å². The van der Waals surface area contributed by atoms with Gasteiger partial charge in [0.15, 0.2) is 0 Å². The quantitative estimate of drug-likeness (QED) is 0.820. The minimum absolute atomic E-state index is 0.0449.